The number of aromatic nitrogens is 1. The summed E-state index contributed by atoms with van der Waals surface area (Å²) in [6.45, 7) is 8.71. The van der Waals surface area contributed by atoms with Gasteiger partial charge in [0.2, 0.25) is 11.8 Å². The third-order valence-corrected chi connectivity index (χ3v) is 9.02. The second-order valence-corrected chi connectivity index (χ2v) is 11.0. The van der Waals surface area contributed by atoms with Gasteiger partial charge in [-0.2, -0.15) is 0 Å². The lowest BCUT2D eigenvalue weighted by Gasteiger charge is -2.55. The Morgan fingerprint density at radius 3 is 2.36 bits per heavy atom. The highest BCUT2D eigenvalue weighted by molar-refractivity contribution is 5.99. The number of amides is 2. The number of hydrogen-bond acceptors (Lipinski definition) is 5. The lowest BCUT2D eigenvalue weighted by Crippen LogP contribution is -2.55. The Bertz CT molecular complexity index is 1170. The van der Waals surface area contributed by atoms with Gasteiger partial charge < -0.3 is 14.8 Å². The van der Waals surface area contributed by atoms with Gasteiger partial charge in [-0.05, 0) is 106 Å². The average Bonchev–Trinajstić information content (AvgIpc) is 2.90. The molecule has 1 saturated carbocycles. The first-order valence-electron chi connectivity index (χ1n) is 13.9. The van der Waals surface area contributed by atoms with Gasteiger partial charge in [0.1, 0.15) is 6.04 Å². The van der Waals surface area contributed by atoms with E-state index < -0.39 is 11.9 Å². The van der Waals surface area contributed by atoms with Crippen molar-refractivity contribution in [1.82, 2.24) is 20.1 Å². The SMILES string of the molecule is CC.O=C1CCC(n2ccc3cc(C4CCN(C5CC6(CCNCC6)C5)CC4)ccc3c2=O)C(=O)N1. The molecule has 4 heterocycles. The van der Waals surface area contributed by atoms with Gasteiger partial charge in [0.05, 0.1) is 0 Å². The quantitative estimate of drug-likeness (QED) is 0.638. The van der Waals surface area contributed by atoms with Crippen LogP contribution < -0.4 is 16.2 Å². The lowest BCUT2D eigenvalue weighted by atomic mass is 9.60. The van der Waals surface area contributed by atoms with Crippen LogP contribution in [-0.4, -0.2) is 53.5 Å². The molecule has 1 aromatic carbocycles. The fourth-order valence-corrected chi connectivity index (χ4v) is 6.89. The van der Waals surface area contributed by atoms with Crippen molar-refractivity contribution in [3.05, 3.63) is 46.4 Å². The molecule has 1 aliphatic carbocycles. The molecule has 0 bridgehead atoms. The van der Waals surface area contributed by atoms with Crippen molar-refractivity contribution in [3.63, 3.8) is 0 Å². The number of pyridine rings is 1. The molecule has 36 heavy (non-hydrogen) atoms. The average molecular weight is 493 g/mol. The Kier molecular flexibility index (Phi) is 7.31. The van der Waals surface area contributed by atoms with Crippen LogP contribution in [-0.2, 0) is 9.59 Å². The van der Waals surface area contributed by atoms with Gasteiger partial charge in [-0.3, -0.25) is 19.7 Å². The summed E-state index contributed by atoms with van der Waals surface area (Å²) >= 11 is 0. The minimum absolute atomic E-state index is 0.162. The van der Waals surface area contributed by atoms with Gasteiger partial charge in [0.15, 0.2) is 0 Å². The molecule has 3 aliphatic heterocycles. The topological polar surface area (TPSA) is 83.4 Å². The number of nitrogens with zero attached hydrogens (tertiary/aromatic N) is 2. The minimum Gasteiger partial charge on any atom is -0.317 e. The number of carbonyl (C=O) groups is 2. The highest BCUT2D eigenvalue weighted by Crippen LogP contribution is 2.50. The molecule has 194 valence electrons. The zero-order valence-corrected chi connectivity index (χ0v) is 21.7. The van der Waals surface area contributed by atoms with Crippen LogP contribution in [0.2, 0.25) is 0 Å². The van der Waals surface area contributed by atoms with Crippen molar-refractivity contribution < 1.29 is 9.59 Å². The summed E-state index contributed by atoms with van der Waals surface area (Å²) in [6.07, 6.45) is 10.1. The van der Waals surface area contributed by atoms with E-state index in [1.54, 1.807) is 6.20 Å². The van der Waals surface area contributed by atoms with Crippen LogP contribution >= 0.6 is 0 Å². The summed E-state index contributed by atoms with van der Waals surface area (Å²) in [5, 5.41) is 7.41. The predicted molar refractivity (Wildman–Crippen MR) is 142 cm³/mol. The monoisotopic (exact) mass is 492 g/mol. The van der Waals surface area contributed by atoms with Crippen LogP contribution in [0.25, 0.3) is 10.8 Å². The molecule has 1 aromatic heterocycles. The van der Waals surface area contributed by atoms with Crippen LogP contribution in [0.1, 0.15) is 82.7 Å². The first kappa shape index (κ1) is 25.2. The normalized spacial score (nSPS) is 25.2. The second kappa shape index (κ2) is 10.5. The van der Waals surface area contributed by atoms with Gasteiger partial charge in [0, 0.05) is 24.0 Å². The third kappa shape index (κ3) is 4.75. The zero-order valence-electron chi connectivity index (χ0n) is 21.7. The van der Waals surface area contributed by atoms with Crippen LogP contribution in [0.5, 0.6) is 0 Å². The van der Waals surface area contributed by atoms with Crippen molar-refractivity contribution in [2.75, 3.05) is 26.2 Å². The number of fused-ring (bicyclic) bond motifs is 1. The van der Waals surface area contributed by atoms with Crippen LogP contribution in [0.15, 0.2) is 35.3 Å². The largest absolute Gasteiger partial charge is 0.317 e. The van der Waals surface area contributed by atoms with Gasteiger partial charge >= 0.3 is 0 Å². The molecule has 4 aliphatic rings. The number of carbonyl (C=O) groups excluding carboxylic acids is 2. The Morgan fingerprint density at radius 2 is 1.67 bits per heavy atom. The molecule has 2 aromatic rings. The van der Waals surface area contributed by atoms with Gasteiger partial charge in [-0.15, -0.1) is 0 Å². The minimum atomic E-state index is -0.617. The standard InChI is InChI=1S/C27H34N4O3.C2H6/c32-24-4-3-23(25(33)29-24)31-14-7-20-15-19(1-2-22(20)26(31)34)18-5-12-30(13-6-18)21-16-27(17-21)8-10-28-11-9-27;1-2/h1-2,7,14-15,18,21,23,28H,3-6,8-13,16-17H2,(H,29,32,33);1-2H3. The summed E-state index contributed by atoms with van der Waals surface area (Å²) in [7, 11) is 0. The van der Waals surface area contributed by atoms with Crippen LogP contribution in [0, 0.1) is 5.41 Å². The van der Waals surface area contributed by atoms with Crippen molar-refractivity contribution >= 4 is 22.6 Å². The molecule has 7 nitrogen and oxygen atoms in total. The van der Waals surface area contributed by atoms with Gasteiger partial charge in [-0.25, -0.2) is 0 Å². The third-order valence-electron chi connectivity index (χ3n) is 9.02. The van der Waals surface area contributed by atoms with E-state index in [4.69, 9.17) is 0 Å². The number of benzene rings is 1. The maximum absolute atomic E-state index is 13.1. The highest BCUT2D eigenvalue weighted by atomic mass is 16.2. The molecule has 2 amide bonds. The first-order valence-corrected chi connectivity index (χ1v) is 13.9. The number of nitrogens with one attached hydrogen (secondary N) is 2. The van der Waals surface area contributed by atoms with Gasteiger partial charge in [-0.1, -0.05) is 26.0 Å². The molecule has 1 unspecified atom stereocenters. The van der Waals surface area contributed by atoms with E-state index in [2.05, 4.69) is 27.7 Å². The molecule has 3 saturated heterocycles. The maximum Gasteiger partial charge on any atom is 0.259 e. The van der Waals surface area contributed by atoms with Crippen LogP contribution in [0.3, 0.4) is 0 Å². The Morgan fingerprint density at radius 1 is 0.944 bits per heavy atom. The molecular weight excluding hydrogens is 452 g/mol. The highest BCUT2D eigenvalue weighted by Gasteiger charge is 2.47. The Hall–Kier alpha value is -2.51. The number of piperidine rings is 3. The Labute approximate surface area is 213 Å². The van der Waals surface area contributed by atoms with E-state index in [0.717, 1.165) is 11.4 Å². The molecular formula is C29H40N4O3. The summed E-state index contributed by atoms with van der Waals surface area (Å²) in [4.78, 5) is 39.5. The molecule has 1 atom stereocenters. The van der Waals surface area contributed by atoms with E-state index in [9.17, 15) is 14.4 Å². The van der Waals surface area contributed by atoms with Crippen LogP contribution in [0.4, 0.5) is 0 Å². The number of rotatable bonds is 3. The fraction of sp³-hybridized carbons (Fsp3) is 0.621. The summed E-state index contributed by atoms with van der Waals surface area (Å²) in [5.74, 6) is -0.126. The summed E-state index contributed by atoms with van der Waals surface area (Å²) in [5.41, 5.74) is 1.78. The maximum atomic E-state index is 13.1. The smallest absolute Gasteiger partial charge is 0.259 e. The van der Waals surface area contributed by atoms with E-state index in [-0.39, 0.29) is 17.9 Å². The van der Waals surface area contributed by atoms with Gasteiger partial charge in [0.25, 0.3) is 5.56 Å². The molecule has 7 heteroatoms. The lowest BCUT2D eigenvalue weighted by molar-refractivity contribution is -0.135. The van der Waals surface area contributed by atoms with E-state index >= 15 is 0 Å². The van der Waals surface area contributed by atoms with E-state index in [0.29, 0.717) is 23.1 Å². The van der Waals surface area contributed by atoms with Crippen molar-refractivity contribution in [2.45, 2.75) is 83.2 Å². The second-order valence-electron chi connectivity index (χ2n) is 11.0. The molecule has 4 fully saturated rings. The Balaban J connectivity index is 0.00000130. The first-order chi connectivity index (χ1) is 17.5. The number of imide groups is 1. The van der Waals surface area contributed by atoms with Crippen molar-refractivity contribution in [2.24, 2.45) is 5.41 Å². The number of likely N-dealkylation sites (tertiary alicyclic amines) is 1. The summed E-state index contributed by atoms with van der Waals surface area (Å²) in [6, 6.07) is 8.29. The molecule has 6 rings (SSSR count). The fourth-order valence-electron chi connectivity index (χ4n) is 6.89. The molecule has 0 radical (unpaired) electrons. The van der Waals surface area contributed by atoms with E-state index in [1.807, 2.05) is 26.0 Å². The number of hydrogen-bond donors (Lipinski definition) is 2. The van der Waals surface area contributed by atoms with Crippen molar-refractivity contribution in [3.8, 4) is 0 Å². The predicted octanol–water partition coefficient (Wildman–Crippen LogP) is 3.72. The molecule has 2 N–H and O–H groups in total. The van der Waals surface area contributed by atoms with Crippen molar-refractivity contribution in [1.29, 1.82) is 0 Å². The van der Waals surface area contributed by atoms with E-state index in [1.165, 1.54) is 74.8 Å². The summed E-state index contributed by atoms with van der Waals surface area (Å²) < 4.78 is 1.48. The molecule has 1 spiro atoms. The zero-order chi connectivity index (χ0) is 25.3.